The molecule has 1 aliphatic heterocycles. The normalized spacial score (nSPS) is 15.0. The fraction of sp³-hybridized carbons (Fsp3) is 0.167. The van der Waals surface area contributed by atoms with Gasteiger partial charge in [0.25, 0.3) is 5.56 Å². The third kappa shape index (κ3) is 6.10. The summed E-state index contributed by atoms with van der Waals surface area (Å²) in [5, 5.41) is 0.904. The fourth-order valence-corrected chi connectivity index (χ4v) is 7.29. The first-order valence-electron chi connectivity index (χ1n) is 12.5. The van der Waals surface area contributed by atoms with E-state index in [4.69, 9.17) is 37.7 Å². The Hall–Kier alpha value is -2.69. The Morgan fingerprint density at radius 3 is 2.54 bits per heavy atom. The molecule has 0 unspecified atom stereocenters. The van der Waals surface area contributed by atoms with Crippen LogP contribution in [0.5, 0.6) is 5.75 Å². The molecule has 0 saturated carbocycles. The van der Waals surface area contributed by atoms with Crippen molar-refractivity contribution in [2.24, 2.45) is 4.99 Å². The van der Waals surface area contributed by atoms with Crippen molar-refractivity contribution < 1.29 is 14.3 Å². The molecule has 0 aliphatic carbocycles. The first kappa shape index (κ1) is 29.8. The summed E-state index contributed by atoms with van der Waals surface area (Å²) in [6.45, 7) is 2.16. The molecule has 2 heterocycles. The zero-order valence-corrected chi connectivity index (χ0v) is 27.3. The van der Waals surface area contributed by atoms with Crippen LogP contribution in [0, 0.1) is 0 Å². The third-order valence-electron chi connectivity index (χ3n) is 6.46. The van der Waals surface area contributed by atoms with Gasteiger partial charge >= 0.3 is 5.97 Å². The molecule has 0 amide bonds. The zero-order chi connectivity index (χ0) is 29.3. The molecule has 0 bridgehead atoms. The number of halogens is 4. The highest BCUT2D eigenvalue weighted by atomic mass is 79.9. The number of nitrogens with zero attached hydrogens (tertiary/aromatic N) is 2. The van der Waals surface area contributed by atoms with Crippen LogP contribution in [-0.4, -0.2) is 17.6 Å². The van der Waals surface area contributed by atoms with Gasteiger partial charge in [0.15, 0.2) is 4.80 Å². The van der Waals surface area contributed by atoms with E-state index in [9.17, 15) is 9.59 Å². The maximum atomic E-state index is 14.0. The highest BCUT2D eigenvalue weighted by Crippen LogP contribution is 2.35. The number of aromatic nitrogens is 1. The van der Waals surface area contributed by atoms with Gasteiger partial charge in [-0.05, 0) is 63.8 Å². The van der Waals surface area contributed by atoms with Gasteiger partial charge in [0, 0.05) is 10.0 Å². The number of fused-ring (bicyclic) bond motifs is 1. The molecule has 0 fully saturated rings. The van der Waals surface area contributed by atoms with E-state index >= 15 is 0 Å². The summed E-state index contributed by atoms with van der Waals surface area (Å²) in [5.74, 6) is 0.0388. The SMILES string of the molecule is CCC1=C(C(=O)OC)[C@@H](c2ccccc2)n2c(s/c(=C/c3cc(Br)cc(Br)c3OCc3ccc(Cl)c(Cl)c3)c2=O)=N1. The zero-order valence-electron chi connectivity index (χ0n) is 21.8. The van der Waals surface area contributed by atoms with Crippen LogP contribution in [-0.2, 0) is 16.1 Å². The van der Waals surface area contributed by atoms with E-state index in [2.05, 4.69) is 31.9 Å². The van der Waals surface area contributed by atoms with Crippen molar-refractivity contribution in [3.8, 4) is 5.75 Å². The van der Waals surface area contributed by atoms with E-state index in [0.29, 0.717) is 52.9 Å². The van der Waals surface area contributed by atoms with E-state index in [1.54, 1.807) is 22.8 Å². The molecule has 1 atom stereocenters. The van der Waals surface area contributed by atoms with Gasteiger partial charge in [-0.25, -0.2) is 9.79 Å². The van der Waals surface area contributed by atoms with Crippen LogP contribution in [0.3, 0.4) is 0 Å². The number of thiazole rings is 1. The first-order valence-corrected chi connectivity index (χ1v) is 15.6. The molecule has 3 aromatic carbocycles. The summed E-state index contributed by atoms with van der Waals surface area (Å²) >= 11 is 20.6. The number of carbonyl (C=O) groups is 1. The molecule has 4 aromatic rings. The number of hydrogen-bond acceptors (Lipinski definition) is 6. The van der Waals surface area contributed by atoms with Crippen LogP contribution in [0.2, 0.25) is 10.0 Å². The molecule has 41 heavy (non-hydrogen) atoms. The molecule has 0 spiro atoms. The number of ether oxygens (including phenoxy) is 2. The molecule has 0 radical (unpaired) electrons. The second-order valence-electron chi connectivity index (χ2n) is 9.04. The second kappa shape index (κ2) is 12.7. The molecule has 6 nitrogen and oxygen atoms in total. The third-order valence-corrected chi connectivity index (χ3v) is 9.23. The molecule has 11 heteroatoms. The number of esters is 1. The Kier molecular flexibility index (Phi) is 9.21. The van der Waals surface area contributed by atoms with Crippen molar-refractivity contribution in [1.82, 2.24) is 4.57 Å². The van der Waals surface area contributed by atoms with Crippen LogP contribution >= 0.6 is 66.4 Å². The number of allylic oxidation sites excluding steroid dienone is 1. The van der Waals surface area contributed by atoms with E-state index in [-0.39, 0.29) is 12.2 Å². The predicted molar refractivity (Wildman–Crippen MR) is 169 cm³/mol. The molecule has 0 saturated heterocycles. The van der Waals surface area contributed by atoms with Crippen LogP contribution in [0.1, 0.15) is 36.1 Å². The Morgan fingerprint density at radius 1 is 1.10 bits per heavy atom. The Morgan fingerprint density at radius 2 is 1.85 bits per heavy atom. The van der Waals surface area contributed by atoms with E-state index < -0.39 is 12.0 Å². The molecule has 1 aromatic heterocycles. The van der Waals surface area contributed by atoms with Crippen LogP contribution in [0.25, 0.3) is 6.08 Å². The fourth-order valence-electron chi connectivity index (χ4n) is 4.58. The van der Waals surface area contributed by atoms with Crippen molar-refractivity contribution in [3.63, 3.8) is 0 Å². The van der Waals surface area contributed by atoms with Crippen molar-refractivity contribution >= 4 is 78.4 Å². The number of benzene rings is 3. The number of methoxy groups -OCH3 is 1. The Balaban J connectivity index is 1.65. The van der Waals surface area contributed by atoms with Gasteiger partial charge in [-0.2, -0.15) is 0 Å². The number of hydrogen-bond donors (Lipinski definition) is 0. The van der Waals surface area contributed by atoms with Gasteiger partial charge in [-0.15, -0.1) is 0 Å². The predicted octanol–water partition coefficient (Wildman–Crippen LogP) is 7.21. The van der Waals surface area contributed by atoms with E-state index in [1.165, 1.54) is 18.4 Å². The highest BCUT2D eigenvalue weighted by molar-refractivity contribution is 9.11. The summed E-state index contributed by atoms with van der Waals surface area (Å²) in [6.07, 6.45) is 2.28. The maximum absolute atomic E-state index is 14.0. The molecule has 5 rings (SSSR count). The van der Waals surface area contributed by atoms with Crippen molar-refractivity contribution in [2.75, 3.05) is 7.11 Å². The van der Waals surface area contributed by atoms with Gasteiger partial charge < -0.3 is 9.47 Å². The highest BCUT2D eigenvalue weighted by Gasteiger charge is 2.33. The first-order chi connectivity index (χ1) is 19.7. The molecule has 0 N–H and O–H groups in total. The van der Waals surface area contributed by atoms with E-state index in [1.807, 2.05) is 55.5 Å². The van der Waals surface area contributed by atoms with Crippen LogP contribution < -0.4 is 19.6 Å². The lowest BCUT2D eigenvalue weighted by Gasteiger charge is -2.25. The van der Waals surface area contributed by atoms with Crippen molar-refractivity contribution in [2.45, 2.75) is 26.0 Å². The van der Waals surface area contributed by atoms with Crippen LogP contribution in [0.15, 0.2) is 90.7 Å². The summed E-state index contributed by atoms with van der Waals surface area (Å²) in [4.78, 5) is 32.2. The van der Waals surface area contributed by atoms with Gasteiger partial charge in [0.2, 0.25) is 0 Å². The lowest BCUT2D eigenvalue weighted by molar-refractivity contribution is -0.136. The van der Waals surface area contributed by atoms with Crippen LogP contribution in [0.4, 0.5) is 0 Å². The molecular weight excluding hydrogens is 715 g/mol. The molecular formula is C30H22Br2Cl2N2O4S. The lowest BCUT2D eigenvalue weighted by Crippen LogP contribution is -2.40. The largest absolute Gasteiger partial charge is 0.487 e. The minimum atomic E-state index is -0.670. The maximum Gasteiger partial charge on any atom is 0.338 e. The smallest absolute Gasteiger partial charge is 0.338 e. The Labute approximate surface area is 266 Å². The second-order valence-corrected chi connectivity index (χ2v) is 12.6. The summed E-state index contributed by atoms with van der Waals surface area (Å²) in [7, 11) is 1.33. The average molecular weight is 737 g/mol. The average Bonchev–Trinajstić information content (AvgIpc) is 3.27. The minimum Gasteiger partial charge on any atom is -0.487 e. The topological polar surface area (TPSA) is 69.9 Å². The van der Waals surface area contributed by atoms with E-state index in [0.717, 1.165) is 15.6 Å². The van der Waals surface area contributed by atoms with Gasteiger partial charge in [0.1, 0.15) is 12.4 Å². The van der Waals surface area contributed by atoms with Crippen molar-refractivity contribution in [3.05, 3.63) is 127 Å². The standard InChI is InChI=1S/C30H22Br2Cl2N2O4S/c1-3-23-25(29(38)39-2)26(17-7-5-4-6-8-17)36-28(37)24(41-30(36)35-23)13-18-12-19(31)14-20(32)27(18)40-15-16-9-10-21(33)22(34)11-16/h4-14,26H,3,15H2,1-2H3/b24-13+/t26-/m1/s1. The van der Waals surface area contributed by atoms with Gasteiger partial charge in [-0.1, -0.05) is 93.8 Å². The number of rotatable bonds is 7. The minimum absolute atomic E-state index is 0.232. The summed E-state index contributed by atoms with van der Waals surface area (Å²) in [5.41, 5.74) is 2.98. The molecule has 210 valence electrons. The van der Waals surface area contributed by atoms with Crippen molar-refractivity contribution in [1.29, 1.82) is 0 Å². The Bertz CT molecular complexity index is 1870. The lowest BCUT2D eigenvalue weighted by atomic mass is 9.95. The summed E-state index contributed by atoms with van der Waals surface area (Å²) < 4.78 is 14.9. The quantitative estimate of drug-likeness (QED) is 0.188. The van der Waals surface area contributed by atoms with Gasteiger partial charge in [0.05, 0.1) is 43.5 Å². The van der Waals surface area contributed by atoms with Gasteiger partial charge in [-0.3, -0.25) is 9.36 Å². The molecule has 1 aliphatic rings. The number of carbonyl (C=O) groups excluding carboxylic acids is 1. The monoisotopic (exact) mass is 734 g/mol. The summed E-state index contributed by atoms with van der Waals surface area (Å²) in [6, 6.07) is 17.8.